The maximum atomic E-state index is 12.4. The van der Waals surface area contributed by atoms with E-state index < -0.39 is 0 Å². The number of piperazine rings is 1. The molecule has 0 radical (unpaired) electrons. The highest BCUT2D eigenvalue weighted by molar-refractivity contribution is 6.31. The Morgan fingerprint density at radius 3 is 2.61 bits per heavy atom. The van der Waals surface area contributed by atoms with E-state index in [1.165, 1.54) is 5.56 Å². The molecule has 146 valence electrons. The second kappa shape index (κ2) is 8.03. The van der Waals surface area contributed by atoms with Crippen molar-refractivity contribution < 1.29 is 0 Å². The molecule has 1 aliphatic rings. The van der Waals surface area contributed by atoms with Crippen molar-refractivity contribution in [3.63, 3.8) is 0 Å². The lowest BCUT2D eigenvalue weighted by Crippen LogP contribution is -2.46. The summed E-state index contributed by atoms with van der Waals surface area (Å²) in [5, 5.41) is 0.827. The van der Waals surface area contributed by atoms with Crippen molar-refractivity contribution in [2.24, 2.45) is 0 Å². The van der Waals surface area contributed by atoms with Gasteiger partial charge in [-0.25, -0.2) is 4.98 Å². The average molecular weight is 397 g/mol. The predicted molar refractivity (Wildman–Crippen MR) is 113 cm³/mol. The first-order chi connectivity index (χ1) is 13.5. The molecule has 28 heavy (non-hydrogen) atoms. The van der Waals surface area contributed by atoms with Crippen molar-refractivity contribution in [3.8, 4) is 0 Å². The van der Waals surface area contributed by atoms with E-state index in [1.54, 1.807) is 10.5 Å². The standard InChI is InChI=1S/C22H25ClN4O/c1-16-7-8-21-24-18(13-22(28)27(21)14-16)15-25-9-11-26(12-10-25)17(2)19-5-3-4-6-20(19)23/h3-8,13-14,17H,9-12,15H2,1-2H3/t17-/m1/s1. The van der Waals surface area contributed by atoms with Crippen LogP contribution in [0.2, 0.25) is 5.02 Å². The van der Waals surface area contributed by atoms with Gasteiger partial charge in [0.05, 0.1) is 5.69 Å². The molecule has 1 fully saturated rings. The highest BCUT2D eigenvalue weighted by atomic mass is 35.5. The third kappa shape index (κ3) is 3.97. The van der Waals surface area contributed by atoms with E-state index in [0.29, 0.717) is 18.2 Å². The molecule has 6 heteroatoms. The average Bonchev–Trinajstić information content (AvgIpc) is 2.69. The lowest BCUT2D eigenvalue weighted by Gasteiger charge is -2.38. The number of fused-ring (bicyclic) bond motifs is 1. The molecule has 0 N–H and O–H groups in total. The number of aromatic nitrogens is 2. The molecule has 0 saturated carbocycles. The molecule has 1 atom stereocenters. The molecule has 3 aromatic rings. The first-order valence-corrected chi connectivity index (χ1v) is 10.1. The number of nitrogens with zero attached hydrogens (tertiary/aromatic N) is 4. The van der Waals surface area contributed by atoms with E-state index in [4.69, 9.17) is 11.6 Å². The van der Waals surface area contributed by atoms with Crippen LogP contribution in [-0.4, -0.2) is 45.4 Å². The Morgan fingerprint density at radius 1 is 1.11 bits per heavy atom. The molecule has 4 rings (SSSR count). The molecule has 0 bridgehead atoms. The van der Waals surface area contributed by atoms with Crippen LogP contribution in [-0.2, 0) is 6.54 Å². The molecule has 0 aliphatic carbocycles. The Morgan fingerprint density at radius 2 is 1.86 bits per heavy atom. The molecule has 3 heterocycles. The van der Waals surface area contributed by atoms with Crippen LogP contribution in [0.3, 0.4) is 0 Å². The Bertz CT molecular complexity index is 1040. The Hall–Kier alpha value is -2.21. The Balaban J connectivity index is 1.42. The summed E-state index contributed by atoms with van der Waals surface area (Å²) in [5.74, 6) is 0. The summed E-state index contributed by atoms with van der Waals surface area (Å²) in [6, 6.07) is 13.9. The summed E-state index contributed by atoms with van der Waals surface area (Å²) < 4.78 is 1.61. The zero-order valence-electron chi connectivity index (χ0n) is 16.3. The fourth-order valence-corrected chi connectivity index (χ4v) is 4.18. The Labute approximate surface area is 170 Å². The zero-order chi connectivity index (χ0) is 19.7. The van der Waals surface area contributed by atoms with Crippen LogP contribution in [0.5, 0.6) is 0 Å². The molecule has 1 aromatic carbocycles. The van der Waals surface area contributed by atoms with Crippen LogP contribution in [0, 0.1) is 6.92 Å². The van der Waals surface area contributed by atoms with Crippen LogP contribution in [0.4, 0.5) is 0 Å². The second-order valence-corrected chi connectivity index (χ2v) is 7.94. The molecule has 5 nitrogen and oxygen atoms in total. The van der Waals surface area contributed by atoms with Gasteiger partial charge in [-0.05, 0) is 37.1 Å². The van der Waals surface area contributed by atoms with Crippen molar-refractivity contribution >= 4 is 17.2 Å². The minimum atomic E-state index is -0.0188. The number of halogens is 1. The number of benzene rings is 1. The van der Waals surface area contributed by atoms with Gasteiger partial charge in [0.1, 0.15) is 5.65 Å². The van der Waals surface area contributed by atoms with Crippen LogP contribution in [0.25, 0.3) is 5.65 Å². The van der Waals surface area contributed by atoms with Crippen LogP contribution in [0.1, 0.15) is 29.8 Å². The third-order valence-electron chi connectivity index (χ3n) is 5.56. The smallest absolute Gasteiger partial charge is 0.258 e. The minimum Gasteiger partial charge on any atom is -0.295 e. The van der Waals surface area contributed by atoms with Gasteiger partial charge in [0, 0.05) is 56.1 Å². The first kappa shape index (κ1) is 19.1. The zero-order valence-corrected chi connectivity index (χ0v) is 17.1. The maximum absolute atomic E-state index is 12.4. The number of hydrogen-bond donors (Lipinski definition) is 0. The monoisotopic (exact) mass is 396 g/mol. The maximum Gasteiger partial charge on any atom is 0.258 e. The Kier molecular flexibility index (Phi) is 5.49. The first-order valence-electron chi connectivity index (χ1n) is 9.71. The summed E-state index contributed by atoms with van der Waals surface area (Å²) in [6.07, 6.45) is 1.84. The van der Waals surface area contributed by atoms with Crippen LogP contribution < -0.4 is 5.56 Å². The largest absolute Gasteiger partial charge is 0.295 e. The lowest BCUT2D eigenvalue weighted by atomic mass is 10.1. The molecule has 2 aromatic heterocycles. The highest BCUT2D eigenvalue weighted by Crippen LogP contribution is 2.27. The summed E-state index contributed by atoms with van der Waals surface area (Å²) in [4.78, 5) is 21.9. The fraction of sp³-hybridized carbons (Fsp3) is 0.364. The van der Waals surface area contributed by atoms with E-state index in [2.05, 4.69) is 27.8 Å². The third-order valence-corrected chi connectivity index (χ3v) is 5.90. The van der Waals surface area contributed by atoms with E-state index in [-0.39, 0.29) is 5.56 Å². The SMILES string of the molecule is Cc1ccc2nc(CN3CCN([C@H](C)c4ccccc4Cl)CC3)cc(=O)n2c1. The van der Waals surface area contributed by atoms with Crippen molar-refractivity contribution in [1.82, 2.24) is 19.2 Å². The van der Waals surface area contributed by atoms with Crippen molar-refractivity contribution in [2.45, 2.75) is 26.4 Å². The summed E-state index contributed by atoms with van der Waals surface area (Å²) >= 11 is 6.37. The van der Waals surface area contributed by atoms with Crippen LogP contribution >= 0.6 is 11.6 Å². The van der Waals surface area contributed by atoms with Gasteiger partial charge < -0.3 is 0 Å². The van der Waals surface area contributed by atoms with E-state index in [1.807, 2.05) is 43.5 Å². The van der Waals surface area contributed by atoms with Crippen LogP contribution in [0.15, 0.2) is 53.5 Å². The normalized spacial score (nSPS) is 17.1. The molecule has 1 aliphatic heterocycles. The fourth-order valence-electron chi connectivity index (χ4n) is 3.89. The van der Waals surface area contributed by atoms with Gasteiger partial charge in [0.25, 0.3) is 5.56 Å². The lowest BCUT2D eigenvalue weighted by molar-refractivity contribution is 0.0971. The predicted octanol–water partition coefficient (Wildman–Crippen LogP) is 3.54. The van der Waals surface area contributed by atoms with E-state index in [9.17, 15) is 4.79 Å². The van der Waals surface area contributed by atoms with E-state index >= 15 is 0 Å². The van der Waals surface area contributed by atoms with Crippen molar-refractivity contribution in [2.75, 3.05) is 26.2 Å². The summed E-state index contributed by atoms with van der Waals surface area (Å²) in [5.41, 5.74) is 3.75. The molecule has 0 spiro atoms. The summed E-state index contributed by atoms with van der Waals surface area (Å²) in [7, 11) is 0. The van der Waals surface area contributed by atoms with Crippen molar-refractivity contribution in [1.29, 1.82) is 0 Å². The van der Waals surface area contributed by atoms with Gasteiger partial charge in [-0.3, -0.25) is 19.0 Å². The quantitative estimate of drug-likeness (QED) is 0.676. The van der Waals surface area contributed by atoms with Gasteiger partial charge in [0.2, 0.25) is 0 Å². The number of pyridine rings is 1. The van der Waals surface area contributed by atoms with Crippen molar-refractivity contribution in [3.05, 3.63) is 80.9 Å². The number of rotatable bonds is 4. The highest BCUT2D eigenvalue weighted by Gasteiger charge is 2.23. The molecule has 0 amide bonds. The second-order valence-electron chi connectivity index (χ2n) is 7.53. The van der Waals surface area contributed by atoms with Gasteiger partial charge in [-0.15, -0.1) is 0 Å². The van der Waals surface area contributed by atoms with Gasteiger partial charge in [-0.1, -0.05) is 35.9 Å². The molecular weight excluding hydrogens is 372 g/mol. The topological polar surface area (TPSA) is 40.9 Å². The minimum absolute atomic E-state index is 0.0188. The van der Waals surface area contributed by atoms with Gasteiger partial charge >= 0.3 is 0 Å². The van der Waals surface area contributed by atoms with Gasteiger partial charge in [0.15, 0.2) is 0 Å². The molecule has 0 unspecified atom stereocenters. The molecule has 1 saturated heterocycles. The number of hydrogen-bond acceptors (Lipinski definition) is 4. The molecular formula is C22H25ClN4O. The summed E-state index contributed by atoms with van der Waals surface area (Å²) in [6.45, 7) is 8.73. The van der Waals surface area contributed by atoms with Gasteiger partial charge in [-0.2, -0.15) is 0 Å². The number of aryl methyl sites for hydroxylation is 1. The van der Waals surface area contributed by atoms with E-state index in [0.717, 1.165) is 42.5 Å².